The summed E-state index contributed by atoms with van der Waals surface area (Å²) in [6.45, 7) is 6.23. The van der Waals surface area contributed by atoms with Gasteiger partial charge < -0.3 is 4.74 Å². The summed E-state index contributed by atoms with van der Waals surface area (Å²) in [6, 6.07) is 6.82. The van der Waals surface area contributed by atoms with Gasteiger partial charge >= 0.3 is 5.97 Å². The topological polar surface area (TPSA) is 44.8 Å². The van der Waals surface area contributed by atoms with Crippen molar-refractivity contribution < 1.29 is 19.3 Å². The van der Waals surface area contributed by atoms with Gasteiger partial charge in [-0.2, -0.15) is 4.89 Å². The van der Waals surface area contributed by atoms with Gasteiger partial charge in [-0.3, -0.25) is 4.89 Å². The lowest BCUT2D eigenvalue weighted by molar-refractivity contribution is -0.270. The Bertz CT molecular complexity index is 362. The highest BCUT2D eigenvalue weighted by Crippen LogP contribution is 2.14. The molecule has 94 valence electrons. The Morgan fingerprint density at radius 2 is 2.12 bits per heavy atom. The van der Waals surface area contributed by atoms with Gasteiger partial charge in [-0.1, -0.05) is 13.0 Å². The molecule has 0 fully saturated rings. The highest BCUT2D eigenvalue weighted by atomic mass is 17.2. The summed E-state index contributed by atoms with van der Waals surface area (Å²) in [5, 5.41) is 0. The number of rotatable bonds is 6. The number of ether oxygens (including phenoxy) is 1. The van der Waals surface area contributed by atoms with E-state index in [2.05, 4.69) is 0 Å². The molecule has 0 amide bonds. The summed E-state index contributed by atoms with van der Waals surface area (Å²) in [5.41, 5.74) is 0.416. The lowest BCUT2D eigenvalue weighted by atomic mass is 10.2. The van der Waals surface area contributed by atoms with Crippen LogP contribution in [-0.4, -0.2) is 18.7 Å². The first kappa shape index (κ1) is 13.5. The lowest BCUT2D eigenvalue weighted by Crippen LogP contribution is -2.12. The molecule has 1 atom stereocenters. The van der Waals surface area contributed by atoms with Crippen LogP contribution in [0.25, 0.3) is 0 Å². The molecule has 17 heavy (non-hydrogen) atoms. The minimum atomic E-state index is -0.508. The van der Waals surface area contributed by atoms with E-state index in [9.17, 15) is 4.79 Å². The van der Waals surface area contributed by atoms with Crippen LogP contribution in [0, 0.1) is 0 Å². The molecule has 0 saturated carbocycles. The monoisotopic (exact) mass is 238 g/mol. The molecule has 0 bridgehead atoms. The molecule has 0 aliphatic heterocycles. The van der Waals surface area contributed by atoms with E-state index in [-0.39, 0.29) is 6.10 Å². The fourth-order valence-corrected chi connectivity index (χ4v) is 1.12. The Labute approximate surface area is 101 Å². The highest BCUT2D eigenvalue weighted by Gasteiger charge is 2.11. The second-order valence-electron chi connectivity index (χ2n) is 3.65. The normalized spacial score (nSPS) is 11.9. The van der Waals surface area contributed by atoms with Crippen molar-refractivity contribution in [1.82, 2.24) is 0 Å². The van der Waals surface area contributed by atoms with Crippen molar-refractivity contribution >= 4 is 5.97 Å². The third-order valence-electron chi connectivity index (χ3n) is 2.24. The van der Waals surface area contributed by atoms with Crippen molar-refractivity contribution in [3.05, 3.63) is 29.8 Å². The third-order valence-corrected chi connectivity index (χ3v) is 2.24. The van der Waals surface area contributed by atoms with Crippen LogP contribution in [-0.2, 0) is 9.78 Å². The van der Waals surface area contributed by atoms with E-state index >= 15 is 0 Å². The zero-order chi connectivity index (χ0) is 12.7. The van der Waals surface area contributed by atoms with Crippen LogP contribution >= 0.6 is 0 Å². The first-order chi connectivity index (χ1) is 8.17. The van der Waals surface area contributed by atoms with E-state index in [0.29, 0.717) is 17.9 Å². The average molecular weight is 238 g/mol. The van der Waals surface area contributed by atoms with Gasteiger partial charge in [-0.05, 0) is 38.5 Å². The smallest absolute Gasteiger partial charge is 0.373 e. The van der Waals surface area contributed by atoms with Crippen molar-refractivity contribution in [2.45, 2.75) is 33.3 Å². The van der Waals surface area contributed by atoms with Gasteiger partial charge in [0.1, 0.15) is 11.9 Å². The quantitative estimate of drug-likeness (QED) is 0.564. The predicted octanol–water partition coefficient (Wildman–Crippen LogP) is 2.97. The van der Waals surface area contributed by atoms with Crippen LogP contribution in [0.1, 0.15) is 37.6 Å². The van der Waals surface area contributed by atoms with Crippen LogP contribution in [0.4, 0.5) is 0 Å². The molecule has 0 radical (unpaired) electrons. The predicted molar refractivity (Wildman–Crippen MR) is 63.9 cm³/mol. The second-order valence-corrected chi connectivity index (χ2v) is 3.65. The molecule has 0 spiro atoms. The molecule has 0 heterocycles. The Kier molecular flexibility index (Phi) is 5.49. The lowest BCUT2D eigenvalue weighted by Gasteiger charge is -2.09. The van der Waals surface area contributed by atoms with E-state index in [0.717, 1.165) is 6.42 Å². The minimum Gasteiger partial charge on any atom is -0.494 e. The summed E-state index contributed by atoms with van der Waals surface area (Å²) in [4.78, 5) is 21.3. The molecule has 0 saturated heterocycles. The second kappa shape index (κ2) is 6.91. The summed E-state index contributed by atoms with van der Waals surface area (Å²) in [7, 11) is 0. The van der Waals surface area contributed by atoms with Crippen molar-refractivity contribution in [2.24, 2.45) is 0 Å². The van der Waals surface area contributed by atoms with Gasteiger partial charge in [0.05, 0.1) is 12.2 Å². The van der Waals surface area contributed by atoms with E-state index < -0.39 is 5.97 Å². The SMILES string of the molecule is CCOc1cccc(C(=O)OOC(C)CC)c1. The maximum Gasteiger partial charge on any atom is 0.373 e. The maximum atomic E-state index is 11.6. The molecule has 0 aromatic heterocycles. The van der Waals surface area contributed by atoms with Crippen molar-refractivity contribution in [3.8, 4) is 5.75 Å². The molecule has 1 aromatic carbocycles. The summed E-state index contributed by atoms with van der Waals surface area (Å²) >= 11 is 0. The fraction of sp³-hybridized carbons (Fsp3) is 0.462. The summed E-state index contributed by atoms with van der Waals surface area (Å²) < 4.78 is 5.29. The number of benzene rings is 1. The molecular weight excluding hydrogens is 220 g/mol. The van der Waals surface area contributed by atoms with E-state index in [1.54, 1.807) is 24.3 Å². The van der Waals surface area contributed by atoms with Crippen LogP contribution in [0.3, 0.4) is 0 Å². The Morgan fingerprint density at radius 1 is 1.35 bits per heavy atom. The Morgan fingerprint density at radius 3 is 2.76 bits per heavy atom. The molecule has 1 rings (SSSR count). The van der Waals surface area contributed by atoms with Gasteiger partial charge in [0.25, 0.3) is 0 Å². The van der Waals surface area contributed by atoms with E-state index in [1.807, 2.05) is 20.8 Å². The third kappa shape index (κ3) is 4.44. The number of hydrogen-bond donors (Lipinski definition) is 0. The number of carbonyl (C=O) groups excluding carboxylic acids is 1. The van der Waals surface area contributed by atoms with Gasteiger partial charge in [0.2, 0.25) is 0 Å². The first-order valence-electron chi connectivity index (χ1n) is 5.77. The molecule has 1 unspecified atom stereocenters. The van der Waals surface area contributed by atoms with Gasteiger partial charge in [-0.15, -0.1) is 0 Å². The standard InChI is InChI=1S/C13H18O4/c1-4-10(3)16-17-13(14)11-7-6-8-12(9-11)15-5-2/h6-10H,4-5H2,1-3H3. The molecular formula is C13H18O4. The molecule has 0 N–H and O–H groups in total. The molecule has 0 aliphatic rings. The fourth-order valence-electron chi connectivity index (χ4n) is 1.12. The van der Waals surface area contributed by atoms with Crippen LogP contribution < -0.4 is 4.74 Å². The molecule has 4 nitrogen and oxygen atoms in total. The summed E-state index contributed by atoms with van der Waals surface area (Å²) in [6.07, 6.45) is 0.681. The van der Waals surface area contributed by atoms with Crippen LogP contribution in [0.15, 0.2) is 24.3 Å². The summed E-state index contributed by atoms with van der Waals surface area (Å²) in [5.74, 6) is 0.136. The van der Waals surface area contributed by atoms with Gasteiger partial charge in [-0.25, -0.2) is 4.79 Å². The zero-order valence-corrected chi connectivity index (χ0v) is 10.4. The minimum absolute atomic E-state index is 0.103. The molecule has 1 aromatic rings. The van der Waals surface area contributed by atoms with Crippen molar-refractivity contribution in [1.29, 1.82) is 0 Å². The number of carbonyl (C=O) groups is 1. The van der Waals surface area contributed by atoms with Crippen molar-refractivity contribution in [2.75, 3.05) is 6.61 Å². The van der Waals surface area contributed by atoms with Crippen molar-refractivity contribution in [3.63, 3.8) is 0 Å². The molecule has 0 aliphatic carbocycles. The maximum absolute atomic E-state index is 11.6. The first-order valence-corrected chi connectivity index (χ1v) is 5.77. The zero-order valence-electron chi connectivity index (χ0n) is 10.4. The Hall–Kier alpha value is -1.55. The van der Waals surface area contributed by atoms with E-state index in [1.165, 1.54) is 0 Å². The Balaban J connectivity index is 2.59. The average Bonchev–Trinajstić information content (AvgIpc) is 2.36. The number of hydrogen-bond acceptors (Lipinski definition) is 4. The van der Waals surface area contributed by atoms with E-state index in [4.69, 9.17) is 14.5 Å². The molecule has 4 heteroatoms. The van der Waals surface area contributed by atoms with Crippen LogP contribution in [0.5, 0.6) is 5.75 Å². The highest BCUT2D eigenvalue weighted by molar-refractivity contribution is 5.89. The van der Waals surface area contributed by atoms with Gasteiger partial charge in [0.15, 0.2) is 0 Å². The largest absolute Gasteiger partial charge is 0.494 e. The van der Waals surface area contributed by atoms with Gasteiger partial charge in [0, 0.05) is 0 Å². The van der Waals surface area contributed by atoms with Crippen LogP contribution in [0.2, 0.25) is 0 Å².